The molecular weight excluding hydrogens is 316 g/mol. The quantitative estimate of drug-likeness (QED) is 0.515. The zero-order valence-corrected chi connectivity index (χ0v) is 14.2. The Balaban J connectivity index is 1.47. The molecule has 0 spiro atoms. The van der Waals surface area contributed by atoms with Crippen molar-refractivity contribution in [1.82, 2.24) is 10.8 Å². The minimum absolute atomic E-state index is 0.0624. The van der Waals surface area contributed by atoms with Gasteiger partial charge in [-0.3, -0.25) is 14.4 Å². The molecule has 25 heavy (non-hydrogen) atoms. The summed E-state index contributed by atoms with van der Waals surface area (Å²) in [5, 5.41) is 2.88. The molecule has 2 aromatic carbocycles. The molecule has 2 aromatic rings. The van der Waals surface area contributed by atoms with Crippen LogP contribution in [0.4, 0.5) is 0 Å². The Hall–Kier alpha value is -2.66. The van der Waals surface area contributed by atoms with Crippen LogP contribution in [0, 0.1) is 0 Å². The monoisotopic (exact) mass is 340 g/mol. The molecule has 0 radical (unpaired) electrons. The molecule has 5 nitrogen and oxygen atoms in total. The summed E-state index contributed by atoms with van der Waals surface area (Å²) >= 11 is 0. The van der Waals surface area contributed by atoms with Crippen LogP contribution in [0.2, 0.25) is 0 Å². The summed E-state index contributed by atoms with van der Waals surface area (Å²) in [6.07, 6.45) is 2.90. The number of carbonyl (C=O) groups is 2. The van der Waals surface area contributed by atoms with Crippen molar-refractivity contribution in [2.75, 3.05) is 6.54 Å². The summed E-state index contributed by atoms with van der Waals surface area (Å²) in [5.74, 6) is -0.183. The Labute approximate surface area is 148 Å². The lowest BCUT2D eigenvalue weighted by Crippen LogP contribution is -2.25. The molecule has 0 unspecified atom stereocenters. The predicted octanol–water partition coefficient (Wildman–Crippen LogP) is 3.22. The van der Waals surface area contributed by atoms with Gasteiger partial charge in [-0.05, 0) is 30.5 Å². The van der Waals surface area contributed by atoms with Crippen LogP contribution in [0.25, 0.3) is 0 Å². The van der Waals surface area contributed by atoms with Gasteiger partial charge in [0.2, 0.25) is 5.91 Å². The average molecular weight is 340 g/mol. The molecule has 5 heteroatoms. The van der Waals surface area contributed by atoms with Gasteiger partial charge in [0.05, 0.1) is 6.61 Å². The van der Waals surface area contributed by atoms with E-state index >= 15 is 0 Å². The summed E-state index contributed by atoms with van der Waals surface area (Å²) in [6, 6.07) is 18.8. The van der Waals surface area contributed by atoms with Crippen molar-refractivity contribution in [3.05, 3.63) is 71.8 Å². The first-order valence-electron chi connectivity index (χ1n) is 8.53. The number of rotatable bonds is 10. The highest BCUT2D eigenvalue weighted by atomic mass is 16.6. The third-order valence-corrected chi connectivity index (χ3v) is 3.67. The first-order valence-corrected chi connectivity index (χ1v) is 8.53. The molecule has 132 valence electrons. The van der Waals surface area contributed by atoms with Crippen LogP contribution >= 0.6 is 0 Å². The average Bonchev–Trinajstić information content (AvgIpc) is 2.66. The second-order valence-corrected chi connectivity index (χ2v) is 5.73. The first kappa shape index (κ1) is 18.7. The molecule has 0 aliphatic heterocycles. The summed E-state index contributed by atoms with van der Waals surface area (Å²) in [5.41, 5.74) is 4.13. The third kappa shape index (κ3) is 7.63. The molecule has 0 aliphatic carbocycles. The van der Waals surface area contributed by atoms with E-state index in [1.54, 1.807) is 12.1 Å². The molecule has 2 amide bonds. The molecular formula is C20H24N2O3. The Bertz CT molecular complexity index is 645. The number of carbonyl (C=O) groups excluding carboxylic acids is 2. The highest BCUT2D eigenvalue weighted by Crippen LogP contribution is 2.02. The van der Waals surface area contributed by atoms with E-state index in [0.717, 1.165) is 24.8 Å². The zero-order chi connectivity index (χ0) is 17.7. The highest BCUT2D eigenvalue weighted by molar-refractivity contribution is 5.94. The van der Waals surface area contributed by atoms with E-state index in [2.05, 4.69) is 10.8 Å². The van der Waals surface area contributed by atoms with Gasteiger partial charge < -0.3 is 5.32 Å². The van der Waals surface area contributed by atoms with Crippen LogP contribution in [0.15, 0.2) is 60.7 Å². The number of unbranched alkanes of at least 4 members (excludes halogenated alkanes) is 2. The maximum absolute atomic E-state index is 11.8. The molecule has 0 fully saturated rings. The van der Waals surface area contributed by atoms with Crippen molar-refractivity contribution in [3.8, 4) is 0 Å². The second kappa shape index (κ2) is 11.0. The largest absolute Gasteiger partial charge is 0.352 e. The van der Waals surface area contributed by atoms with Crippen LogP contribution in [-0.4, -0.2) is 18.4 Å². The fourth-order valence-corrected chi connectivity index (χ4v) is 2.31. The fourth-order valence-electron chi connectivity index (χ4n) is 2.31. The highest BCUT2D eigenvalue weighted by Gasteiger charge is 2.04. The maximum atomic E-state index is 11.8. The van der Waals surface area contributed by atoms with Gasteiger partial charge in [-0.2, -0.15) is 0 Å². The summed E-state index contributed by atoms with van der Waals surface area (Å²) in [4.78, 5) is 28.7. The predicted molar refractivity (Wildman–Crippen MR) is 96.6 cm³/mol. The van der Waals surface area contributed by atoms with E-state index < -0.39 is 0 Å². The number of hydroxylamine groups is 1. The summed E-state index contributed by atoms with van der Waals surface area (Å²) in [6.45, 7) is 0.970. The van der Waals surface area contributed by atoms with E-state index in [4.69, 9.17) is 4.84 Å². The van der Waals surface area contributed by atoms with Crippen molar-refractivity contribution in [3.63, 3.8) is 0 Å². The van der Waals surface area contributed by atoms with E-state index in [1.807, 2.05) is 48.5 Å². The van der Waals surface area contributed by atoms with Crippen LogP contribution < -0.4 is 10.8 Å². The summed E-state index contributed by atoms with van der Waals surface area (Å²) < 4.78 is 0. The minimum Gasteiger partial charge on any atom is -0.352 e. The Kier molecular flexibility index (Phi) is 8.21. The second-order valence-electron chi connectivity index (χ2n) is 5.73. The topological polar surface area (TPSA) is 67.4 Å². The van der Waals surface area contributed by atoms with Crippen molar-refractivity contribution in [1.29, 1.82) is 0 Å². The van der Waals surface area contributed by atoms with E-state index in [1.165, 1.54) is 0 Å². The van der Waals surface area contributed by atoms with Gasteiger partial charge in [-0.15, -0.1) is 0 Å². The Morgan fingerprint density at radius 3 is 2.24 bits per heavy atom. The van der Waals surface area contributed by atoms with Gasteiger partial charge in [0.1, 0.15) is 0 Å². The van der Waals surface area contributed by atoms with Crippen molar-refractivity contribution in [2.24, 2.45) is 0 Å². The molecule has 2 N–H and O–H groups in total. The molecule has 0 aliphatic rings. The Morgan fingerprint density at radius 1 is 0.840 bits per heavy atom. The maximum Gasteiger partial charge on any atom is 0.251 e. The van der Waals surface area contributed by atoms with Gasteiger partial charge >= 0.3 is 0 Å². The van der Waals surface area contributed by atoms with Gasteiger partial charge in [0, 0.05) is 18.5 Å². The van der Waals surface area contributed by atoms with Gasteiger partial charge in [0.15, 0.2) is 0 Å². The van der Waals surface area contributed by atoms with E-state index in [9.17, 15) is 9.59 Å². The Morgan fingerprint density at radius 2 is 1.52 bits per heavy atom. The van der Waals surface area contributed by atoms with Crippen LogP contribution in [0.1, 0.15) is 41.6 Å². The molecule has 2 rings (SSSR count). The van der Waals surface area contributed by atoms with Crippen molar-refractivity contribution >= 4 is 11.8 Å². The normalized spacial score (nSPS) is 10.2. The molecule has 0 heterocycles. The summed E-state index contributed by atoms with van der Waals surface area (Å²) in [7, 11) is 0. The SMILES string of the molecule is O=C(CCCCCNC(=O)c1ccccc1)NOCc1ccccc1. The molecule has 0 aromatic heterocycles. The molecule has 0 atom stereocenters. The van der Waals surface area contributed by atoms with Crippen LogP contribution in [0.5, 0.6) is 0 Å². The number of hydrogen-bond acceptors (Lipinski definition) is 3. The van der Waals surface area contributed by atoms with Gasteiger partial charge in [0.25, 0.3) is 5.91 Å². The fraction of sp³-hybridized carbons (Fsp3) is 0.300. The smallest absolute Gasteiger partial charge is 0.251 e. The van der Waals surface area contributed by atoms with Crippen LogP contribution in [0.3, 0.4) is 0 Å². The van der Waals surface area contributed by atoms with Gasteiger partial charge in [-0.25, -0.2) is 5.48 Å². The van der Waals surface area contributed by atoms with Crippen molar-refractivity contribution in [2.45, 2.75) is 32.3 Å². The molecule has 0 bridgehead atoms. The van der Waals surface area contributed by atoms with E-state index in [-0.39, 0.29) is 11.8 Å². The minimum atomic E-state index is -0.121. The lowest BCUT2D eigenvalue weighted by molar-refractivity contribution is -0.134. The molecule has 0 saturated heterocycles. The molecule has 0 saturated carbocycles. The van der Waals surface area contributed by atoms with Gasteiger partial charge in [-0.1, -0.05) is 55.0 Å². The third-order valence-electron chi connectivity index (χ3n) is 3.67. The zero-order valence-electron chi connectivity index (χ0n) is 14.2. The van der Waals surface area contributed by atoms with Crippen LogP contribution in [-0.2, 0) is 16.2 Å². The number of amides is 2. The standard InChI is InChI=1S/C20H24N2O3/c23-19(22-25-16-17-10-4-1-5-11-17)14-8-3-9-15-21-20(24)18-12-6-2-7-13-18/h1-2,4-7,10-13H,3,8-9,14-16H2,(H,21,24)(H,22,23). The lowest BCUT2D eigenvalue weighted by atomic mass is 10.2. The van der Waals surface area contributed by atoms with E-state index in [0.29, 0.717) is 25.1 Å². The number of nitrogens with one attached hydrogen (secondary N) is 2. The number of hydrogen-bond donors (Lipinski definition) is 2. The first-order chi connectivity index (χ1) is 12.3. The van der Waals surface area contributed by atoms with Crippen molar-refractivity contribution < 1.29 is 14.4 Å². The number of benzene rings is 2. The lowest BCUT2D eigenvalue weighted by Gasteiger charge is -2.07.